The maximum absolute atomic E-state index is 12.8. The molecule has 1 aliphatic rings. The number of rotatable bonds is 6. The minimum absolute atomic E-state index is 0.0240. The van der Waals surface area contributed by atoms with E-state index in [9.17, 15) is 9.59 Å². The lowest BCUT2D eigenvalue weighted by Gasteiger charge is -2.08. The molecule has 4 rings (SSSR count). The molecule has 0 aliphatic carbocycles. The first-order chi connectivity index (χ1) is 14.4. The summed E-state index contributed by atoms with van der Waals surface area (Å²) in [6.45, 7) is 1.80. The second-order valence-electron chi connectivity index (χ2n) is 6.96. The first-order valence-electron chi connectivity index (χ1n) is 9.33. The van der Waals surface area contributed by atoms with E-state index in [1.807, 2.05) is 4.90 Å². The highest BCUT2D eigenvalue weighted by molar-refractivity contribution is 6.30. The number of halogens is 1. The van der Waals surface area contributed by atoms with E-state index in [2.05, 4.69) is 15.4 Å². The van der Waals surface area contributed by atoms with Crippen molar-refractivity contribution in [2.75, 3.05) is 18.4 Å². The lowest BCUT2D eigenvalue weighted by molar-refractivity contribution is 0.0990. The molecule has 9 heteroatoms. The van der Waals surface area contributed by atoms with E-state index >= 15 is 0 Å². The lowest BCUT2D eigenvalue weighted by atomic mass is 10.0. The van der Waals surface area contributed by atoms with Crippen molar-refractivity contribution in [2.24, 2.45) is 7.05 Å². The maximum atomic E-state index is 12.8. The average molecular weight is 423 g/mol. The summed E-state index contributed by atoms with van der Waals surface area (Å²) >= 11 is 5.81. The van der Waals surface area contributed by atoms with Gasteiger partial charge in [0.15, 0.2) is 5.78 Å². The molecular formula is C21H19ClN6O2. The Balaban J connectivity index is 1.48. The molecule has 152 valence electrons. The summed E-state index contributed by atoms with van der Waals surface area (Å²) < 4.78 is 1.52. The van der Waals surface area contributed by atoms with Gasteiger partial charge in [-0.1, -0.05) is 35.9 Å². The van der Waals surface area contributed by atoms with Crippen LogP contribution in [-0.2, 0) is 13.5 Å². The van der Waals surface area contributed by atoms with Crippen LogP contribution in [0.1, 0.15) is 32.0 Å². The van der Waals surface area contributed by atoms with Gasteiger partial charge in [0, 0.05) is 37.5 Å². The first-order valence-corrected chi connectivity index (χ1v) is 9.71. The average Bonchev–Trinajstić information content (AvgIpc) is 3.53. The van der Waals surface area contributed by atoms with Crippen molar-refractivity contribution >= 4 is 34.9 Å². The zero-order valence-electron chi connectivity index (χ0n) is 16.2. The number of nitrogens with zero attached hydrogens (tertiary/aromatic N) is 4. The molecule has 0 unspecified atom stereocenters. The Morgan fingerprint density at radius 1 is 1.10 bits per heavy atom. The summed E-state index contributed by atoms with van der Waals surface area (Å²) in [5.41, 5.74) is 2.11. The number of carbonyl (C=O) groups excluding carboxylic acids is 2. The maximum Gasteiger partial charge on any atom is 0.260 e. The SMILES string of the molecule is Cn1ncc(C(=O)Nc2ccc(Cl)cn2)c1CC(=O)c1ccc(C(=N)N2CC2)cc1. The molecule has 1 amide bonds. The van der Waals surface area contributed by atoms with Crippen molar-refractivity contribution < 1.29 is 9.59 Å². The van der Waals surface area contributed by atoms with E-state index in [1.54, 1.807) is 43.4 Å². The summed E-state index contributed by atoms with van der Waals surface area (Å²) in [6.07, 6.45) is 2.90. The molecule has 0 radical (unpaired) electrons. The number of aromatic nitrogens is 3. The number of carbonyl (C=O) groups is 2. The van der Waals surface area contributed by atoms with Crippen LogP contribution in [0, 0.1) is 5.41 Å². The highest BCUT2D eigenvalue weighted by Gasteiger charge is 2.23. The molecule has 30 heavy (non-hydrogen) atoms. The minimum atomic E-state index is -0.400. The van der Waals surface area contributed by atoms with E-state index in [0.29, 0.717) is 33.5 Å². The smallest absolute Gasteiger partial charge is 0.260 e. The van der Waals surface area contributed by atoms with Gasteiger partial charge < -0.3 is 10.2 Å². The molecule has 1 aromatic carbocycles. The Labute approximate surface area is 178 Å². The molecular weight excluding hydrogens is 404 g/mol. The molecule has 0 spiro atoms. The van der Waals surface area contributed by atoms with Crippen LogP contribution < -0.4 is 5.32 Å². The number of anilines is 1. The molecule has 3 heterocycles. The first kappa shape index (κ1) is 19.8. The van der Waals surface area contributed by atoms with Crippen LogP contribution in [0.2, 0.25) is 5.02 Å². The van der Waals surface area contributed by atoms with Gasteiger partial charge >= 0.3 is 0 Å². The highest BCUT2D eigenvalue weighted by Crippen LogP contribution is 2.17. The van der Waals surface area contributed by atoms with Crippen molar-refractivity contribution in [1.29, 1.82) is 5.41 Å². The Kier molecular flexibility index (Phi) is 5.33. The predicted octanol–water partition coefficient (Wildman–Crippen LogP) is 2.79. The summed E-state index contributed by atoms with van der Waals surface area (Å²) in [5, 5.41) is 15.4. The molecule has 1 saturated heterocycles. The third-order valence-corrected chi connectivity index (χ3v) is 5.07. The van der Waals surface area contributed by atoms with Gasteiger partial charge in [0.2, 0.25) is 0 Å². The molecule has 0 saturated carbocycles. The van der Waals surface area contributed by atoms with Gasteiger partial charge in [0.25, 0.3) is 5.91 Å². The summed E-state index contributed by atoms with van der Waals surface area (Å²) in [6, 6.07) is 10.2. The zero-order valence-corrected chi connectivity index (χ0v) is 17.0. The van der Waals surface area contributed by atoms with E-state index in [4.69, 9.17) is 17.0 Å². The standard InChI is InChI=1S/C21H19ClN6O2/c1-27-17(16(12-25-27)21(30)26-19-7-6-15(22)11-24-19)10-18(29)13-2-4-14(5-3-13)20(23)28-8-9-28/h2-7,11-12,23H,8-10H2,1H3,(H,24,26,30). The Bertz CT molecular complexity index is 1120. The number of aryl methyl sites for hydroxylation is 1. The number of Topliss-reactive ketones (excluding diaryl/α,β-unsaturated/α-hetero) is 1. The van der Waals surface area contributed by atoms with Crippen molar-refractivity contribution in [3.63, 3.8) is 0 Å². The molecule has 2 aromatic heterocycles. The van der Waals surface area contributed by atoms with Crippen LogP contribution >= 0.6 is 11.6 Å². The summed E-state index contributed by atoms with van der Waals surface area (Å²) in [7, 11) is 1.69. The van der Waals surface area contributed by atoms with Crippen LogP contribution in [0.5, 0.6) is 0 Å². The van der Waals surface area contributed by atoms with Crippen molar-refractivity contribution in [2.45, 2.75) is 6.42 Å². The van der Waals surface area contributed by atoms with Gasteiger partial charge in [0.05, 0.1) is 28.9 Å². The molecule has 0 bridgehead atoms. The molecule has 0 atom stereocenters. The van der Waals surface area contributed by atoms with Gasteiger partial charge in [-0.15, -0.1) is 0 Å². The highest BCUT2D eigenvalue weighted by atomic mass is 35.5. The molecule has 2 N–H and O–H groups in total. The second kappa shape index (κ2) is 8.08. The molecule has 1 aliphatic heterocycles. The van der Waals surface area contributed by atoms with Crippen LogP contribution in [0.15, 0.2) is 48.8 Å². The Hall–Kier alpha value is -3.52. The second-order valence-corrected chi connectivity index (χ2v) is 7.39. The largest absolute Gasteiger partial charge is 0.353 e. The van der Waals surface area contributed by atoms with E-state index in [-0.39, 0.29) is 12.2 Å². The fourth-order valence-corrected chi connectivity index (χ4v) is 3.13. The molecule has 1 fully saturated rings. The topological polar surface area (TPSA) is 104 Å². The number of benzene rings is 1. The molecule has 3 aromatic rings. The van der Waals surface area contributed by atoms with Gasteiger partial charge in [-0.2, -0.15) is 5.10 Å². The number of ketones is 1. The van der Waals surface area contributed by atoms with Gasteiger partial charge in [-0.05, 0) is 12.1 Å². The number of hydrogen-bond donors (Lipinski definition) is 2. The zero-order chi connectivity index (χ0) is 21.3. The van der Waals surface area contributed by atoms with Gasteiger partial charge in [-0.25, -0.2) is 4.98 Å². The lowest BCUT2D eigenvalue weighted by Crippen LogP contribution is -2.17. The number of hydrogen-bond acceptors (Lipinski definition) is 5. The Morgan fingerprint density at radius 3 is 2.43 bits per heavy atom. The number of nitrogens with one attached hydrogen (secondary N) is 2. The monoisotopic (exact) mass is 422 g/mol. The van der Waals surface area contributed by atoms with Crippen molar-refractivity contribution in [3.05, 3.63) is 76.2 Å². The van der Waals surface area contributed by atoms with Crippen molar-refractivity contribution in [1.82, 2.24) is 19.7 Å². The van der Waals surface area contributed by atoms with E-state index in [0.717, 1.165) is 18.7 Å². The minimum Gasteiger partial charge on any atom is -0.353 e. The van der Waals surface area contributed by atoms with Crippen LogP contribution in [0.25, 0.3) is 0 Å². The Morgan fingerprint density at radius 2 is 1.80 bits per heavy atom. The van der Waals surface area contributed by atoms with Crippen LogP contribution in [0.4, 0.5) is 5.82 Å². The quantitative estimate of drug-likeness (QED) is 0.275. The van der Waals surface area contributed by atoms with Crippen molar-refractivity contribution in [3.8, 4) is 0 Å². The third kappa shape index (κ3) is 4.23. The fraction of sp³-hybridized carbons (Fsp3) is 0.190. The summed E-state index contributed by atoms with van der Waals surface area (Å²) in [5.74, 6) is 0.287. The fourth-order valence-electron chi connectivity index (χ4n) is 3.02. The van der Waals surface area contributed by atoms with Gasteiger partial charge in [-0.3, -0.25) is 19.7 Å². The normalized spacial score (nSPS) is 12.5. The predicted molar refractivity (Wildman–Crippen MR) is 113 cm³/mol. The third-order valence-electron chi connectivity index (χ3n) is 4.85. The van der Waals surface area contributed by atoms with Gasteiger partial charge in [0.1, 0.15) is 11.7 Å². The molecule has 8 nitrogen and oxygen atoms in total. The summed E-state index contributed by atoms with van der Waals surface area (Å²) in [4.78, 5) is 31.4. The van der Waals surface area contributed by atoms with Crippen LogP contribution in [-0.4, -0.2) is 50.3 Å². The number of amides is 1. The van der Waals surface area contributed by atoms with Crippen LogP contribution in [0.3, 0.4) is 0 Å². The number of pyridine rings is 1. The number of amidine groups is 1. The van der Waals surface area contributed by atoms with E-state index < -0.39 is 5.91 Å². The van der Waals surface area contributed by atoms with E-state index in [1.165, 1.54) is 17.1 Å².